The molecule has 0 fully saturated rings. The molecule has 2 heterocycles. The van der Waals surface area contributed by atoms with E-state index in [2.05, 4.69) is 33.3 Å². The molecule has 0 radical (unpaired) electrons. The van der Waals surface area contributed by atoms with Gasteiger partial charge in [-0.3, -0.25) is 16.3 Å². The van der Waals surface area contributed by atoms with E-state index in [4.69, 9.17) is 5.84 Å². The SMILES string of the molecule is Cc1ncccc1C(Cc1ccsc1)NN. The largest absolute Gasteiger partial charge is 0.271 e. The van der Waals surface area contributed by atoms with Crippen LogP contribution in [0.25, 0.3) is 0 Å². The smallest absolute Gasteiger partial charge is 0.0518 e. The van der Waals surface area contributed by atoms with Crippen LogP contribution in [-0.2, 0) is 6.42 Å². The van der Waals surface area contributed by atoms with Gasteiger partial charge in [0.1, 0.15) is 0 Å². The summed E-state index contributed by atoms with van der Waals surface area (Å²) >= 11 is 1.71. The van der Waals surface area contributed by atoms with E-state index in [0.717, 1.165) is 17.7 Å². The van der Waals surface area contributed by atoms with E-state index < -0.39 is 0 Å². The topological polar surface area (TPSA) is 50.9 Å². The van der Waals surface area contributed by atoms with Gasteiger partial charge in [-0.25, -0.2) is 0 Å². The van der Waals surface area contributed by atoms with E-state index in [1.807, 2.05) is 13.0 Å². The second kappa shape index (κ2) is 5.21. The van der Waals surface area contributed by atoms with E-state index in [1.165, 1.54) is 5.56 Å². The van der Waals surface area contributed by atoms with Gasteiger partial charge in [-0.2, -0.15) is 11.3 Å². The molecule has 1 unspecified atom stereocenters. The lowest BCUT2D eigenvalue weighted by molar-refractivity contribution is 0.547. The zero-order valence-electron chi connectivity index (χ0n) is 9.18. The van der Waals surface area contributed by atoms with E-state index >= 15 is 0 Å². The Labute approximate surface area is 99.3 Å². The van der Waals surface area contributed by atoms with Gasteiger partial charge in [-0.15, -0.1) is 0 Å². The van der Waals surface area contributed by atoms with Gasteiger partial charge in [0.25, 0.3) is 0 Å². The number of hydrogen-bond acceptors (Lipinski definition) is 4. The summed E-state index contributed by atoms with van der Waals surface area (Å²) in [5.74, 6) is 5.62. The maximum absolute atomic E-state index is 5.62. The lowest BCUT2D eigenvalue weighted by Crippen LogP contribution is -2.30. The molecule has 0 aliphatic heterocycles. The summed E-state index contributed by atoms with van der Waals surface area (Å²) in [5.41, 5.74) is 6.36. The molecule has 0 aliphatic rings. The van der Waals surface area contributed by atoms with Crippen molar-refractivity contribution in [2.45, 2.75) is 19.4 Å². The number of nitrogens with zero attached hydrogens (tertiary/aromatic N) is 1. The molecule has 3 N–H and O–H groups in total. The Hall–Kier alpha value is -1.23. The van der Waals surface area contributed by atoms with Gasteiger partial charge in [-0.1, -0.05) is 6.07 Å². The third-order valence-electron chi connectivity index (χ3n) is 2.64. The number of thiophene rings is 1. The molecule has 84 valence electrons. The average molecular weight is 233 g/mol. The van der Waals surface area contributed by atoms with Crippen LogP contribution in [0.15, 0.2) is 35.2 Å². The molecule has 0 saturated heterocycles. The number of hydrogen-bond donors (Lipinski definition) is 2. The highest BCUT2D eigenvalue weighted by molar-refractivity contribution is 7.07. The number of nitrogens with one attached hydrogen (secondary N) is 1. The first-order valence-electron chi connectivity index (χ1n) is 5.20. The second-order valence-electron chi connectivity index (χ2n) is 3.73. The standard InChI is InChI=1S/C12H15N3S/c1-9-11(3-2-5-14-9)12(15-13)7-10-4-6-16-8-10/h2-6,8,12,15H,7,13H2,1H3. The minimum atomic E-state index is 0.128. The summed E-state index contributed by atoms with van der Waals surface area (Å²) in [6, 6.07) is 6.27. The van der Waals surface area contributed by atoms with Crippen molar-refractivity contribution in [1.82, 2.24) is 10.4 Å². The van der Waals surface area contributed by atoms with E-state index in [0.29, 0.717) is 0 Å². The fourth-order valence-corrected chi connectivity index (χ4v) is 2.45. The number of aromatic nitrogens is 1. The highest BCUT2D eigenvalue weighted by Crippen LogP contribution is 2.20. The minimum absolute atomic E-state index is 0.128. The quantitative estimate of drug-likeness (QED) is 0.629. The summed E-state index contributed by atoms with van der Waals surface area (Å²) in [5, 5.41) is 4.23. The van der Waals surface area contributed by atoms with Gasteiger partial charge in [-0.05, 0) is 47.4 Å². The molecule has 0 aliphatic carbocycles. The molecule has 2 aromatic heterocycles. The maximum atomic E-state index is 5.62. The van der Waals surface area contributed by atoms with E-state index in [-0.39, 0.29) is 6.04 Å². The number of hydrazine groups is 1. The van der Waals surface area contributed by atoms with Gasteiger partial charge in [0.2, 0.25) is 0 Å². The van der Waals surface area contributed by atoms with Crippen molar-refractivity contribution < 1.29 is 0 Å². The fraction of sp³-hybridized carbons (Fsp3) is 0.250. The predicted octanol–water partition coefficient (Wildman–Crippen LogP) is 2.20. The summed E-state index contributed by atoms with van der Waals surface area (Å²) in [4.78, 5) is 4.28. The van der Waals surface area contributed by atoms with Crippen molar-refractivity contribution >= 4 is 11.3 Å². The molecule has 2 aromatic rings. The molecule has 1 atom stereocenters. The van der Waals surface area contributed by atoms with Crippen LogP contribution in [0.1, 0.15) is 22.9 Å². The van der Waals surface area contributed by atoms with Crippen LogP contribution in [0, 0.1) is 6.92 Å². The zero-order valence-corrected chi connectivity index (χ0v) is 10.00. The van der Waals surface area contributed by atoms with Crippen molar-refractivity contribution in [3.05, 3.63) is 52.0 Å². The first-order chi connectivity index (χ1) is 7.81. The average Bonchev–Trinajstić information content (AvgIpc) is 2.80. The van der Waals surface area contributed by atoms with Crippen molar-refractivity contribution in [2.24, 2.45) is 5.84 Å². The summed E-state index contributed by atoms with van der Waals surface area (Å²) < 4.78 is 0. The Morgan fingerprint density at radius 3 is 3.00 bits per heavy atom. The van der Waals surface area contributed by atoms with Crippen LogP contribution in [0.4, 0.5) is 0 Å². The summed E-state index contributed by atoms with van der Waals surface area (Å²) in [6.45, 7) is 2.01. The lowest BCUT2D eigenvalue weighted by Gasteiger charge is -2.17. The van der Waals surface area contributed by atoms with Crippen molar-refractivity contribution in [3.8, 4) is 0 Å². The number of rotatable bonds is 4. The van der Waals surface area contributed by atoms with Crippen LogP contribution < -0.4 is 11.3 Å². The third-order valence-corrected chi connectivity index (χ3v) is 3.38. The molecule has 3 nitrogen and oxygen atoms in total. The molecule has 0 bridgehead atoms. The molecular weight excluding hydrogens is 218 g/mol. The first-order valence-corrected chi connectivity index (χ1v) is 6.14. The van der Waals surface area contributed by atoms with Crippen molar-refractivity contribution in [1.29, 1.82) is 0 Å². The number of pyridine rings is 1. The Morgan fingerprint density at radius 2 is 2.38 bits per heavy atom. The minimum Gasteiger partial charge on any atom is -0.271 e. The van der Waals surface area contributed by atoms with Crippen LogP contribution >= 0.6 is 11.3 Å². The van der Waals surface area contributed by atoms with Gasteiger partial charge < -0.3 is 0 Å². The normalized spacial score (nSPS) is 12.6. The zero-order chi connectivity index (χ0) is 11.4. The second-order valence-corrected chi connectivity index (χ2v) is 4.51. The summed E-state index contributed by atoms with van der Waals surface area (Å²) in [6.07, 6.45) is 2.70. The van der Waals surface area contributed by atoms with E-state index in [1.54, 1.807) is 17.5 Å². The molecule has 0 aromatic carbocycles. The highest BCUT2D eigenvalue weighted by atomic mass is 32.1. The van der Waals surface area contributed by atoms with E-state index in [9.17, 15) is 0 Å². The molecular formula is C12H15N3S. The van der Waals surface area contributed by atoms with Gasteiger partial charge in [0.05, 0.1) is 6.04 Å². The Morgan fingerprint density at radius 1 is 1.50 bits per heavy atom. The predicted molar refractivity (Wildman–Crippen MR) is 67.1 cm³/mol. The first kappa shape index (κ1) is 11.3. The fourth-order valence-electron chi connectivity index (χ4n) is 1.77. The van der Waals surface area contributed by atoms with Gasteiger partial charge in [0, 0.05) is 11.9 Å². The molecule has 16 heavy (non-hydrogen) atoms. The maximum Gasteiger partial charge on any atom is 0.0518 e. The molecule has 0 amide bonds. The van der Waals surface area contributed by atoms with Crippen molar-refractivity contribution in [2.75, 3.05) is 0 Å². The van der Waals surface area contributed by atoms with Crippen molar-refractivity contribution in [3.63, 3.8) is 0 Å². The van der Waals surface area contributed by atoms with Gasteiger partial charge in [0.15, 0.2) is 0 Å². The summed E-state index contributed by atoms with van der Waals surface area (Å²) in [7, 11) is 0. The number of aryl methyl sites for hydroxylation is 1. The van der Waals surface area contributed by atoms with Crippen LogP contribution in [0.3, 0.4) is 0 Å². The Balaban J connectivity index is 2.20. The molecule has 0 spiro atoms. The van der Waals surface area contributed by atoms with Crippen LogP contribution in [0.5, 0.6) is 0 Å². The lowest BCUT2D eigenvalue weighted by atomic mass is 10.0. The Kier molecular flexibility index (Phi) is 3.66. The highest BCUT2D eigenvalue weighted by Gasteiger charge is 2.13. The van der Waals surface area contributed by atoms with Gasteiger partial charge >= 0.3 is 0 Å². The monoisotopic (exact) mass is 233 g/mol. The Bertz CT molecular complexity index is 439. The molecule has 4 heteroatoms. The molecule has 2 rings (SSSR count). The molecule has 0 saturated carbocycles. The third kappa shape index (κ3) is 2.47. The van der Waals surface area contributed by atoms with Crippen LogP contribution in [-0.4, -0.2) is 4.98 Å². The van der Waals surface area contributed by atoms with Crippen LogP contribution in [0.2, 0.25) is 0 Å². The number of nitrogens with two attached hydrogens (primary N) is 1.